The summed E-state index contributed by atoms with van der Waals surface area (Å²) in [6.45, 7) is 8.64. The van der Waals surface area contributed by atoms with Gasteiger partial charge in [-0.15, -0.1) is 0 Å². The summed E-state index contributed by atoms with van der Waals surface area (Å²) < 4.78 is 0. The molecule has 1 heterocycles. The molecule has 0 aromatic heterocycles. The van der Waals surface area contributed by atoms with Gasteiger partial charge in [-0.1, -0.05) is 32.9 Å². The van der Waals surface area contributed by atoms with Gasteiger partial charge in [0.25, 0.3) is 0 Å². The summed E-state index contributed by atoms with van der Waals surface area (Å²) >= 11 is 0. The van der Waals surface area contributed by atoms with Gasteiger partial charge in [0, 0.05) is 37.3 Å². The third-order valence-electron chi connectivity index (χ3n) is 4.31. The Hall–Kier alpha value is -1.55. The third kappa shape index (κ3) is 4.47. The Morgan fingerprint density at radius 1 is 1.23 bits per heavy atom. The van der Waals surface area contributed by atoms with E-state index in [9.17, 15) is 9.90 Å². The fraction of sp³-hybridized carbons (Fsp3) is 0.611. The van der Waals surface area contributed by atoms with Crippen LogP contribution in [-0.2, 0) is 11.3 Å². The fourth-order valence-corrected chi connectivity index (χ4v) is 2.65. The van der Waals surface area contributed by atoms with Crippen LogP contribution < -0.4 is 10.2 Å². The second kappa shape index (κ2) is 7.14. The van der Waals surface area contributed by atoms with Crippen molar-refractivity contribution in [2.45, 2.75) is 40.2 Å². The van der Waals surface area contributed by atoms with Gasteiger partial charge in [-0.2, -0.15) is 0 Å². The molecule has 2 N–H and O–H groups in total. The van der Waals surface area contributed by atoms with E-state index in [0.717, 1.165) is 31.5 Å². The zero-order chi connectivity index (χ0) is 16.2. The summed E-state index contributed by atoms with van der Waals surface area (Å²) in [7, 11) is 0. The largest absolute Gasteiger partial charge is 0.396 e. The summed E-state index contributed by atoms with van der Waals surface area (Å²) in [6.07, 6.45) is 2.11. The molecule has 1 amide bonds. The van der Waals surface area contributed by atoms with E-state index < -0.39 is 0 Å². The zero-order valence-corrected chi connectivity index (χ0v) is 13.9. The molecule has 4 heteroatoms. The number of amides is 1. The van der Waals surface area contributed by atoms with Gasteiger partial charge >= 0.3 is 0 Å². The molecule has 1 aromatic carbocycles. The second-order valence-electron chi connectivity index (χ2n) is 7.21. The van der Waals surface area contributed by atoms with Gasteiger partial charge in [-0.25, -0.2) is 0 Å². The van der Waals surface area contributed by atoms with Gasteiger partial charge in [0.1, 0.15) is 0 Å². The van der Waals surface area contributed by atoms with Crippen LogP contribution >= 0.6 is 0 Å². The van der Waals surface area contributed by atoms with Crippen molar-refractivity contribution in [2.75, 3.05) is 24.6 Å². The number of hydrogen-bond acceptors (Lipinski definition) is 3. The maximum atomic E-state index is 11.9. The first kappa shape index (κ1) is 16.8. The Kier molecular flexibility index (Phi) is 5.46. The van der Waals surface area contributed by atoms with Crippen LogP contribution in [0.1, 0.15) is 39.2 Å². The van der Waals surface area contributed by atoms with E-state index in [2.05, 4.69) is 34.5 Å². The van der Waals surface area contributed by atoms with Crippen LogP contribution in [0.4, 0.5) is 5.69 Å². The summed E-state index contributed by atoms with van der Waals surface area (Å²) in [5.41, 5.74) is 1.99. The summed E-state index contributed by atoms with van der Waals surface area (Å²) in [5, 5.41) is 12.2. The van der Waals surface area contributed by atoms with Crippen molar-refractivity contribution in [1.29, 1.82) is 0 Å². The molecule has 0 unspecified atom stereocenters. The minimum atomic E-state index is -0.350. The zero-order valence-electron chi connectivity index (χ0n) is 13.9. The minimum absolute atomic E-state index is 0.0719. The molecule has 1 aliphatic heterocycles. The van der Waals surface area contributed by atoms with Gasteiger partial charge in [-0.05, 0) is 36.5 Å². The SMILES string of the molecule is CC(C)(C)C(=O)NCc1ccc(N2CCC(CO)CC2)cc1. The molecule has 0 atom stereocenters. The summed E-state index contributed by atoms with van der Waals surface area (Å²) in [5.74, 6) is 0.533. The topological polar surface area (TPSA) is 52.6 Å². The molecule has 0 radical (unpaired) electrons. The molecule has 1 fully saturated rings. The highest BCUT2D eigenvalue weighted by Gasteiger charge is 2.21. The van der Waals surface area contributed by atoms with Crippen molar-refractivity contribution in [3.8, 4) is 0 Å². The maximum absolute atomic E-state index is 11.9. The number of rotatable bonds is 4. The Labute approximate surface area is 133 Å². The Balaban J connectivity index is 1.87. The van der Waals surface area contributed by atoms with Crippen LogP contribution in [0.25, 0.3) is 0 Å². The van der Waals surface area contributed by atoms with Gasteiger partial charge in [-0.3, -0.25) is 4.79 Å². The van der Waals surface area contributed by atoms with Crippen LogP contribution in [0.2, 0.25) is 0 Å². The Morgan fingerprint density at radius 2 is 1.82 bits per heavy atom. The number of benzene rings is 1. The lowest BCUT2D eigenvalue weighted by atomic mass is 9.95. The monoisotopic (exact) mass is 304 g/mol. The number of piperidine rings is 1. The van der Waals surface area contributed by atoms with E-state index in [1.54, 1.807) is 0 Å². The maximum Gasteiger partial charge on any atom is 0.225 e. The van der Waals surface area contributed by atoms with Crippen molar-refractivity contribution in [3.05, 3.63) is 29.8 Å². The molecule has 0 aliphatic carbocycles. The number of nitrogens with zero attached hydrogens (tertiary/aromatic N) is 1. The Morgan fingerprint density at radius 3 is 2.32 bits per heavy atom. The highest BCUT2D eigenvalue weighted by Crippen LogP contribution is 2.23. The molecule has 122 valence electrons. The van der Waals surface area contributed by atoms with Crippen molar-refractivity contribution in [1.82, 2.24) is 5.32 Å². The molecule has 0 spiro atoms. The molecule has 1 aliphatic rings. The van der Waals surface area contributed by atoms with Crippen molar-refractivity contribution >= 4 is 11.6 Å². The molecule has 4 nitrogen and oxygen atoms in total. The number of aliphatic hydroxyl groups is 1. The van der Waals surface area contributed by atoms with Crippen LogP contribution in [-0.4, -0.2) is 30.7 Å². The quantitative estimate of drug-likeness (QED) is 0.899. The van der Waals surface area contributed by atoms with Gasteiger partial charge in [0.15, 0.2) is 0 Å². The lowest BCUT2D eigenvalue weighted by Crippen LogP contribution is -2.35. The number of anilines is 1. The van der Waals surface area contributed by atoms with E-state index in [4.69, 9.17) is 0 Å². The molecular formula is C18H28N2O2. The molecule has 1 saturated heterocycles. The molecule has 0 saturated carbocycles. The van der Waals surface area contributed by atoms with Crippen LogP contribution in [0.3, 0.4) is 0 Å². The average molecular weight is 304 g/mol. The Bertz CT molecular complexity index is 483. The molecule has 0 bridgehead atoms. The molecule has 1 aromatic rings. The number of nitrogens with one attached hydrogen (secondary N) is 1. The normalized spacial score (nSPS) is 16.6. The van der Waals surface area contributed by atoms with E-state index in [-0.39, 0.29) is 11.3 Å². The highest BCUT2D eigenvalue weighted by atomic mass is 16.3. The van der Waals surface area contributed by atoms with Crippen LogP contribution in [0.15, 0.2) is 24.3 Å². The van der Waals surface area contributed by atoms with E-state index in [1.165, 1.54) is 5.69 Å². The molecule has 22 heavy (non-hydrogen) atoms. The summed E-state index contributed by atoms with van der Waals surface area (Å²) in [4.78, 5) is 14.2. The van der Waals surface area contributed by atoms with Crippen molar-refractivity contribution in [3.63, 3.8) is 0 Å². The van der Waals surface area contributed by atoms with E-state index in [0.29, 0.717) is 19.1 Å². The van der Waals surface area contributed by atoms with E-state index in [1.807, 2.05) is 20.8 Å². The first-order chi connectivity index (χ1) is 10.4. The number of hydrogen-bond donors (Lipinski definition) is 2. The van der Waals surface area contributed by atoms with Gasteiger partial charge < -0.3 is 15.3 Å². The fourth-order valence-electron chi connectivity index (χ4n) is 2.65. The smallest absolute Gasteiger partial charge is 0.225 e. The average Bonchev–Trinajstić information content (AvgIpc) is 2.52. The van der Waals surface area contributed by atoms with Gasteiger partial charge in [0.05, 0.1) is 0 Å². The highest BCUT2D eigenvalue weighted by molar-refractivity contribution is 5.81. The lowest BCUT2D eigenvalue weighted by molar-refractivity contribution is -0.128. The van der Waals surface area contributed by atoms with Gasteiger partial charge in [0.2, 0.25) is 5.91 Å². The van der Waals surface area contributed by atoms with Crippen LogP contribution in [0.5, 0.6) is 0 Å². The predicted octanol–water partition coefficient (Wildman–Crippen LogP) is 2.56. The number of aliphatic hydroxyl groups excluding tert-OH is 1. The third-order valence-corrected chi connectivity index (χ3v) is 4.31. The first-order valence-electron chi connectivity index (χ1n) is 8.13. The molecular weight excluding hydrogens is 276 g/mol. The second-order valence-corrected chi connectivity index (χ2v) is 7.21. The first-order valence-corrected chi connectivity index (χ1v) is 8.13. The summed E-state index contributed by atoms with van der Waals surface area (Å²) in [6, 6.07) is 8.41. The predicted molar refractivity (Wildman–Crippen MR) is 89.8 cm³/mol. The standard InChI is InChI=1S/C18H28N2O2/c1-18(2,3)17(22)19-12-14-4-6-16(7-5-14)20-10-8-15(13-21)9-11-20/h4-7,15,21H,8-13H2,1-3H3,(H,19,22). The van der Waals surface area contributed by atoms with Crippen LogP contribution in [0, 0.1) is 11.3 Å². The molecule has 2 rings (SSSR count). The minimum Gasteiger partial charge on any atom is -0.396 e. The number of carbonyl (C=O) groups is 1. The number of carbonyl (C=O) groups excluding carboxylic acids is 1. The van der Waals surface area contributed by atoms with E-state index >= 15 is 0 Å². The lowest BCUT2D eigenvalue weighted by Gasteiger charge is -2.33. The van der Waals surface area contributed by atoms with Crippen molar-refractivity contribution in [2.24, 2.45) is 11.3 Å². The van der Waals surface area contributed by atoms with Crippen molar-refractivity contribution < 1.29 is 9.90 Å².